The quantitative estimate of drug-likeness (QED) is 0.453. The third-order valence-corrected chi connectivity index (χ3v) is 6.65. The van der Waals surface area contributed by atoms with E-state index in [2.05, 4.69) is 31.0 Å². The fraction of sp³-hybridized carbons (Fsp3) is 0.529. The van der Waals surface area contributed by atoms with E-state index in [9.17, 15) is 0 Å². The topological polar surface area (TPSA) is 65.7 Å². The summed E-state index contributed by atoms with van der Waals surface area (Å²) in [6.45, 7) is 7.23. The van der Waals surface area contributed by atoms with E-state index in [0.717, 1.165) is 24.4 Å². The lowest BCUT2D eigenvalue weighted by Crippen LogP contribution is -2.50. The van der Waals surface area contributed by atoms with Crippen LogP contribution in [0.4, 0.5) is 0 Å². The largest absolute Gasteiger partial charge is 0.501 e. The van der Waals surface area contributed by atoms with Crippen LogP contribution in [-0.4, -0.2) is 35.8 Å². The normalized spacial score (nSPS) is 13.0. The van der Waals surface area contributed by atoms with Crippen LogP contribution in [0.5, 0.6) is 0 Å². The number of rotatable bonds is 12. The van der Waals surface area contributed by atoms with Gasteiger partial charge in [0, 0.05) is 26.8 Å². The van der Waals surface area contributed by atoms with Gasteiger partial charge in [0.2, 0.25) is 0 Å². The molecule has 0 aliphatic heterocycles. The first-order chi connectivity index (χ1) is 11.1. The minimum absolute atomic E-state index is 0.128. The molecule has 1 rings (SSSR count). The average molecular weight is 339 g/mol. The minimum Gasteiger partial charge on any atom is -0.377 e. The lowest BCUT2D eigenvalue weighted by molar-refractivity contribution is 0.0361. The molecule has 0 saturated carbocycles. The highest BCUT2D eigenvalue weighted by atomic mass is 28.4. The SMILES string of the molecule is C=Cc1ccccc1CNC(CC)O[Si](CCCN)(OC)OC. The zero-order valence-electron chi connectivity index (χ0n) is 14.5. The molecule has 5 nitrogen and oxygen atoms in total. The summed E-state index contributed by atoms with van der Waals surface area (Å²) >= 11 is 0. The number of hydrogen-bond donors (Lipinski definition) is 2. The van der Waals surface area contributed by atoms with E-state index in [1.807, 2.05) is 18.2 Å². The molecule has 6 heteroatoms. The van der Waals surface area contributed by atoms with Crippen molar-refractivity contribution in [3.63, 3.8) is 0 Å². The van der Waals surface area contributed by atoms with Gasteiger partial charge in [-0.3, -0.25) is 5.32 Å². The molecule has 0 amide bonds. The third-order valence-electron chi connectivity index (χ3n) is 3.80. The summed E-state index contributed by atoms with van der Waals surface area (Å²) in [6, 6.07) is 8.89. The number of nitrogens with one attached hydrogen (secondary N) is 1. The molecule has 1 unspecified atom stereocenters. The highest BCUT2D eigenvalue weighted by Crippen LogP contribution is 2.19. The highest BCUT2D eigenvalue weighted by Gasteiger charge is 2.40. The van der Waals surface area contributed by atoms with Gasteiger partial charge in [-0.15, -0.1) is 0 Å². The molecule has 0 aliphatic rings. The molecule has 0 bridgehead atoms. The Bertz CT molecular complexity index is 467. The molecule has 23 heavy (non-hydrogen) atoms. The summed E-state index contributed by atoms with van der Waals surface area (Å²) in [4.78, 5) is 0. The van der Waals surface area contributed by atoms with Crippen LogP contribution in [0.25, 0.3) is 6.08 Å². The Labute approximate surface area is 141 Å². The van der Waals surface area contributed by atoms with Gasteiger partial charge in [0.1, 0.15) is 6.23 Å². The molecule has 0 saturated heterocycles. The van der Waals surface area contributed by atoms with E-state index in [1.165, 1.54) is 5.56 Å². The second-order valence-corrected chi connectivity index (χ2v) is 8.20. The first-order valence-corrected chi connectivity index (χ1v) is 9.99. The Balaban J connectivity index is 2.69. The van der Waals surface area contributed by atoms with Crippen molar-refractivity contribution in [3.8, 4) is 0 Å². The molecule has 130 valence electrons. The third kappa shape index (κ3) is 6.17. The maximum Gasteiger partial charge on any atom is 0.501 e. The van der Waals surface area contributed by atoms with E-state index < -0.39 is 8.80 Å². The van der Waals surface area contributed by atoms with Crippen LogP contribution in [0, 0.1) is 0 Å². The van der Waals surface area contributed by atoms with Gasteiger partial charge in [-0.25, -0.2) is 0 Å². The Morgan fingerprint density at radius 3 is 2.57 bits per heavy atom. The van der Waals surface area contributed by atoms with Crippen molar-refractivity contribution in [1.82, 2.24) is 5.32 Å². The van der Waals surface area contributed by atoms with E-state index in [0.29, 0.717) is 13.1 Å². The van der Waals surface area contributed by atoms with E-state index in [4.69, 9.17) is 19.0 Å². The monoisotopic (exact) mass is 338 g/mol. The van der Waals surface area contributed by atoms with E-state index in [1.54, 1.807) is 14.2 Å². The van der Waals surface area contributed by atoms with Crippen LogP contribution in [-0.2, 0) is 19.8 Å². The maximum atomic E-state index is 6.18. The fourth-order valence-corrected chi connectivity index (χ4v) is 4.57. The lowest BCUT2D eigenvalue weighted by Gasteiger charge is -2.31. The van der Waals surface area contributed by atoms with Crippen LogP contribution in [0.15, 0.2) is 30.8 Å². The number of hydrogen-bond acceptors (Lipinski definition) is 5. The van der Waals surface area contributed by atoms with Gasteiger partial charge in [0.25, 0.3) is 0 Å². The minimum atomic E-state index is -2.67. The van der Waals surface area contributed by atoms with Crippen molar-refractivity contribution in [3.05, 3.63) is 42.0 Å². The zero-order valence-corrected chi connectivity index (χ0v) is 15.5. The van der Waals surface area contributed by atoms with Crippen LogP contribution >= 0.6 is 0 Å². The molecular formula is C17H30N2O3Si. The molecule has 3 N–H and O–H groups in total. The molecule has 0 spiro atoms. The fourth-order valence-electron chi connectivity index (χ4n) is 2.37. The van der Waals surface area contributed by atoms with Crippen LogP contribution in [0.3, 0.4) is 0 Å². The van der Waals surface area contributed by atoms with Gasteiger partial charge >= 0.3 is 8.80 Å². The van der Waals surface area contributed by atoms with Gasteiger partial charge in [-0.1, -0.05) is 43.8 Å². The summed E-state index contributed by atoms with van der Waals surface area (Å²) < 4.78 is 17.4. The van der Waals surface area contributed by atoms with E-state index >= 15 is 0 Å². The predicted octanol–water partition coefficient (Wildman–Crippen LogP) is 2.75. The molecule has 0 radical (unpaired) electrons. The van der Waals surface area contributed by atoms with Gasteiger partial charge in [-0.05, 0) is 30.5 Å². The molecule has 0 fully saturated rings. The van der Waals surface area contributed by atoms with Crippen molar-refractivity contribution >= 4 is 14.9 Å². The first kappa shape index (κ1) is 20.0. The molecule has 0 aliphatic carbocycles. The van der Waals surface area contributed by atoms with E-state index in [-0.39, 0.29) is 6.23 Å². The molecule has 1 atom stereocenters. The summed E-state index contributed by atoms with van der Waals surface area (Å²) in [5.41, 5.74) is 7.92. The summed E-state index contributed by atoms with van der Waals surface area (Å²) in [7, 11) is 0.618. The summed E-state index contributed by atoms with van der Waals surface area (Å²) in [6.07, 6.45) is 3.38. The van der Waals surface area contributed by atoms with Crippen LogP contribution in [0.2, 0.25) is 6.04 Å². The highest BCUT2D eigenvalue weighted by molar-refractivity contribution is 6.60. The predicted molar refractivity (Wildman–Crippen MR) is 96.8 cm³/mol. The Kier molecular flexibility index (Phi) is 9.31. The van der Waals surface area contributed by atoms with Crippen molar-refractivity contribution in [1.29, 1.82) is 0 Å². The van der Waals surface area contributed by atoms with Crippen molar-refractivity contribution in [2.75, 3.05) is 20.8 Å². The van der Waals surface area contributed by atoms with Crippen molar-refractivity contribution in [2.45, 2.75) is 38.6 Å². The Morgan fingerprint density at radius 1 is 1.30 bits per heavy atom. The van der Waals surface area contributed by atoms with Crippen molar-refractivity contribution in [2.24, 2.45) is 5.73 Å². The van der Waals surface area contributed by atoms with Gasteiger partial charge in [-0.2, -0.15) is 0 Å². The molecule has 0 aromatic heterocycles. The van der Waals surface area contributed by atoms with Gasteiger partial charge < -0.3 is 19.0 Å². The Morgan fingerprint density at radius 2 is 2.00 bits per heavy atom. The van der Waals surface area contributed by atoms with Crippen molar-refractivity contribution < 1.29 is 13.3 Å². The molecular weight excluding hydrogens is 308 g/mol. The zero-order chi connectivity index (χ0) is 17.1. The summed E-state index contributed by atoms with van der Waals surface area (Å²) in [5.74, 6) is 0. The average Bonchev–Trinajstić information content (AvgIpc) is 2.62. The summed E-state index contributed by atoms with van der Waals surface area (Å²) in [5, 5.41) is 3.43. The Hall–Kier alpha value is -1.02. The second-order valence-electron chi connectivity index (χ2n) is 5.28. The second kappa shape index (κ2) is 10.7. The first-order valence-electron chi connectivity index (χ1n) is 8.06. The number of benzene rings is 1. The van der Waals surface area contributed by atoms with Gasteiger partial charge in [0.15, 0.2) is 0 Å². The smallest absolute Gasteiger partial charge is 0.377 e. The molecule has 0 heterocycles. The molecule has 1 aromatic carbocycles. The van der Waals surface area contributed by atoms with Crippen LogP contribution in [0.1, 0.15) is 30.9 Å². The number of nitrogens with two attached hydrogens (primary N) is 1. The van der Waals surface area contributed by atoms with Gasteiger partial charge in [0.05, 0.1) is 0 Å². The van der Waals surface area contributed by atoms with Crippen LogP contribution < -0.4 is 11.1 Å². The molecule has 1 aromatic rings. The lowest BCUT2D eigenvalue weighted by atomic mass is 10.1. The standard InChI is InChI=1S/C17H30N2O3Si/c1-5-15-10-7-8-11-16(15)14-19-17(6-2)22-23(20-3,21-4)13-9-12-18/h5,7-8,10-11,17,19H,1,6,9,12-14,18H2,2-4H3. The maximum absolute atomic E-state index is 6.18.